The lowest BCUT2D eigenvalue weighted by atomic mass is 9.85. The molecule has 30 heavy (non-hydrogen) atoms. The monoisotopic (exact) mass is 402 g/mol. The van der Waals surface area contributed by atoms with Gasteiger partial charge in [0.15, 0.2) is 0 Å². The van der Waals surface area contributed by atoms with Gasteiger partial charge in [0.05, 0.1) is 5.69 Å². The summed E-state index contributed by atoms with van der Waals surface area (Å²) in [6.07, 6.45) is 5.87. The Labute approximate surface area is 178 Å². The average Bonchev–Trinajstić information content (AvgIpc) is 2.73. The van der Waals surface area contributed by atoms with Gasteiger partial charge in [-0.25, -0.2) is 4.98 Å². The minimum Gasteiger partial charge on any atom is -0.457 e. The zero-order valence-electron chi connectivity index (χ0n) is 18.1. The van der Waals surface area contributed by atoms with Crippen molar-refractivity contribution in [3.8, 4) is 11.5 Å². The standard InChI is InChI=1S/C26H30N2O2/c1-26(2,3)19-10-13-20(14-11-19)30-21-12-9-18-15-23(25(27)29)28-24(22(18)16-21)17-7-5-4-6-8-17/h9-17H,4-8H2,1-3H3,(H2,27,29). The normalized spacial score (nSPS) is 15.3. The summed E-state index contributed by atoms with van der Waals surface area (Å²) in [6.45, 7) is 6.60. The first kappa shape index (κ1) is 20.4. The van der Waals surface area contributed by atoms with Crippen molar-refractivity contribution in [1.82, 2.24) is 4.98 Å². The SMILES string of the molecule is CC(C)(C)c1ccc(Oc2ccc3cc(C(N)=O)nc(C4CCCCC4)c3c2)cc1. The second-order valence-electron chi connectivity index (χ2n) is 9.35. The van der Waals surface area contributed by atoms with Crippen molar-refractivity contribution in [1.29, 1.82) is 0 Å². The lowest BCUT2D eigenvalue weighted by Crippen LogP contribution is -2.16. The van der Waals surface area contributed by atoms with Crippen molar-refractivity contribution in [3.63, 3.8) is 0 Å². The van der Waals surface area contributed by atoms with E-state index in [0.717, 1.165) is 40.8 Å². The molecule has 0 atom stereocenters. The zero-order valence-corrected chi connectivity index (χ0v) is 18.1. The predicted molar refractivity (Wildman–Crippen MR) is 121 cm³/mol. The maximum absolute atomic E-state index is 11.8. The van der Waals surface area contributed by atoms with Crippen LogP contribution < -0.4 is 10.5 Å². The van der Waals surface area contributed by atoms with E-state index in [4.69, 9.17) is 10.5 Å². The summed E-state index contributed by atoms with van der Waals surface area (Å²) in [4.78, 5) is 16.5. The number of hydrogen-bond acceptors (Lipinski definition) is 3. The smallest absolute Gasteiger partial charge is 0.267 e. The number of benzene rings is 2. The van der Waals surface area contributed by atoms with E-state index in [1.54, 1.807) is 6.07 Å². The molecule has 156 valence electrons. The van der Waals surface area contributed by atoms with Crippen molar-refractivity contribution in [3.05, 3.63) is 65.5 Å². The molecule has 4 rings (SSSR count). The van der Waals surface area contributed by atoms with Crippen molar-refractivity contribution >= 4 is 16.7 Å². The van der Waals surface area contributed by atoms with E-state index < -0.39 is 5.91 Å². The summed E-state index contributed by atoms with van der Waals surface area (Å²) in [5.41, 5.74) is 8.26. The fourth-order valence-electron chi connectivity index (χ4n) is 4.29. The first-order valence-electron chi connectivity index (χ1n) is 10.8. The van der Waals surface area contributed by atoms with Gasteiger partial charge in [-0.1, -0.05) is 58.2 Å². The highest BCUT2D eigenvalue weighted by Gasteiger charge is 2.21. The number of fused-ring (bicyclic) bond motifs is 1. The molecule has 4 nitrogen and oxygen atoms in total. The van der Waals surface area contributed by atoms with Gasteiger partial charge in [-0.05, 0) is 59.5 Å². The quantitative estimate of drug-likeness (QED) is 0.544. The van der Waals surface area contributed by atoms with Crippen LogP contribution in [-0.2, 0) is 5.41 Å². The molecule has 1 amide bonds. The number of carbonyl (C=O) groups is 1. The Bertz CT molecular complexity index is 1060. The lowest BCUT2D eigenvalue weighted by molar-refractivity contribution is 0.0995. The van der Waals surface area contributed by atoms with E-state index in [2.05, 4.69) is 44.0 Å². The minimum atomic E-state index is -0.478. The van der Waals surface area contributed by atoms with E-state index in [0.29, 0.717) is 11.6 Å². The molecule has 0 spiro atoms. The number of ether oxygens (including phenoxy) is 1. The summed E-state index contributed by atoms with van der Waals surface area (Å²) >= 11 is 0. The van der Waals surface area contributed by atoms with Gasteiger partial charge >= 0.3 is 0 Å². The van der Waals surface area contributed by atoms with Crippen LogP contribution in [0, 0.1) is 0 Å². The molecule has 0 radical (unpaired) electrons. The number of nitrogens with zero attached hydrogens (tertiary/aromatic N) is 1. The predicted octanol–water partition coefficient (Wildman–Crippen LogP) is 6.47. The Morgan fingerprint density at radius 2 is 1.63 bits per heavy atom. The molecular weight excluding hydrogens is 372 g/mol. The molecule has 0 aliphatic heterocycles. The number of primary amides is 1. The van der Waals surface area contributed by atoms with E-state index in [1.807, 2.05) is 24.3 Å². The van der Waals surface area contributed by atoms with Crippen molar-refractivity contribution in [2.45, 2.75) is 64.2 Å². The van der Waals surface area contributed by atoms with Crippen LogP contribution in [0.4, 0.5) is 0 Å². The molecule has 2 aromatic carbocycles. The van der Waals surface area contributed by atoms with Gasteiger partial charge < -0.3 is 10.5 Å². The Morgan fingerprint density at radius 1 is 0.967 bits per heavy atom. The average molecular weight is 403 g/mol. The van der Waals surface area contributed by atoms with Gasteiger partial charge in [0.1, 0.15) is 17.2 Å². The van der Waals surface area contributed by atoms with Crippen molar-refractivity contribution < 1.29 is 9.53 Å². The summed E-state index contributed by atoms with van der Waals surface area (Å²) in [5, 5.41) is 2.03. The van der Waals surface area contributed by atoms with Crippen LogP contribution in [0.2, 0.25) is 0 Å². The zero-order chi connectivity index (χ0) is 21.3. The number of rotatable bonds is 4. The van der Waals surface area contributed by atoms with Gasteiger partial charge in [0.25, 0.3) is 5.91 Å². The van der Waals surface area contributed by atoms with E-state index >= 15 is 0 Å². The van der Waals surface area contributed by atoms with E-state index in [9.17, 15) is 4.79 Å². The molecule has 1 aromatic heterocycles. The Hall–Kier alpha value is -2.88. The lowest BCUT2D eigenvalue weighted by Gasteiger charge is -2.23. The molecule has 2 N–H and O–H groups in total. The largest absolute Gasteiger partial charge is 0.457 e. The fraction of sp³-hybridized carbons (Fsp3) is 0.385. The van der Waals surface area contributed by atoms with Crippen molar-refractivity contribution in [2.24, 2.45) is 5.73 Å². The molecular formula is C26H30N2O2. The van der Waals surface area contributed by atoms with E-state index in [-0.39, 0.29) is 5.41 Å². The topological polar surface area (TPSA) is 65.2 Å². The van der Waals surface area contributed by atoms with Crippen LogP contribution in [-0.4, -0.2) is 10.9 Å². The van der Waals surface area contributed by atoms with Gasteiger partial charge in [0, 0.05) is 11.3 Å². The van der Waals surface area contributed by atoms with E-state index in [1.165, 1.54) is 24.8 Å². The van der Waals surface area contributed by atoms with Crippen LogP contribution in [0.1, 0.15) is 80.5 Å². The summed E-state index contributed by atoms with van der Waals surface area (Å²) < 4.78 is 6.15. The molecule has 3 aromatic rings. The van der Waals surface area contributed by atoms with Crippen LogP contribution in [0.15, 0.2) is 48.5 Å². The minimum absolute atomic E-state index is 0.111. The third-order valence-electron chi connectivity index (χ3n) is 6.03. The summed E-state index contributed by atoms with van der Waals surface area (Å²) in [7, 11) is 0. The maximum Gasteiger partial charge on any atom is 0.267 e. The highest BCUT2D eigenvalue weighted by molar-refractivity contribution is 5.96. The van der Waals surface area contributed by atoms with Gasteiger partial charge in [-0.2, -0.15) is 0 Å². The van der Waals surface area contributed by atoms with Gasteiger partial charge in [0.2, 0.25) is 0 Å². The second kappa shape index (κ2) is 8.10. The summed E-state index contributed by atoms with van der Waals surface area (Å²) in [5.74, 6) is 1.47. The number of hydrogen-bond donors (Lipinski definition) is 1. The molecule has 4 heteroatoms. The van der Waals surface area contributed by atoms with Gasteiger partial charge in [-0.3, -0.25) is 4.79 Å². The molecule has 1 aliphatic carbocycles. The second-order valence-corrected chi connectivity index (χ2v) is 9.35. The third-order valence-corrected chi connectivity index (χ3v) is 6.03. The first-order chi connectivity index (χ1) is 14.3. The molecule has 1 fully saturated rings. The van der Waals surface area contributed by atoms with Crippen LogP contribution in [0.5, 0.6) is 11.5 Å². The molecule has 1 heterocycles. The Morgan fingerprint density at radius 3 is 2.27 bits per heavy atom. The fourth-order valence-corrected chi connectivity index (χ4v) is 4.29. The molecule has 0 saturated heterocycles. The number of carbonyl (C=O) groups excluding carboxylic acids is 1. The Balaban J connectivity index is 1.70. The number of amides is 1. The van der Waals surface area contributed by atoms with Crippen LogP contribution >= 0.6 is 0 Å². The summed E-state index contributed by atoms with van der Waals surface area (Å²) in [6, 6.07) is 16.0. The van der Waals surface area contributed by atoms with Crippen molar-refractivity contribution in [2.75, 3.05) is 0 Å². The maximum atomic E-state index is 11.8. The number of aromatic nitrogens is 1. The van der Waals surface area contributed by atoms with Gasteiger partial charge in [-0.15, -0.1) is 0 Å². The molecule has 0 bridgehead atoms. The number of nitrogens with two attached hydrogens (primary N) is 1. The highest BCUT2D eigenvalue weighted by atomic mass is 16.5. The molecule has 1 aliphatic rings. The van der Waals surface area contributed by atoms with Crippen LogP contribution in [0.25, 0.3) is 10.8 Å². The third kappa shape index (κ3) is 4.33. The highest BCUT2D eigenvalue weighted by Crippen LogP contribution is 2.37. The Kier molecular flexibility index (Phi) is 5.50. The number of pyridine rings is 1. The molecule has 1 saturated carbocycles. The molecule has 0 unspecified atom stereocenters. The first-order valence-corrected chi connectivity index (χ1v) is 10.8. The van der Waals surface area contributed by atoms with Crippen LogP contribution in [0.3, 0.4) is 0 Å².